The van der Waals surface area contributed by atoms with Crippen LogP contribution in [0.2, 0.25) is 0 Å². The highest BCUT2D eigenvalue weighted by Crippen LogP contribution is 2.26. The van der Waals surface area contributed by atoms with Gasteiger partial charge >= 0.3 is 0 Å². The van der Waals surface area contributed by atoms with E-state index in [0.29, 0.717) is 5.69 Å². The Balaban J connectivity index is 1.70. The van der Waals surface area contributed by atoms with Crippen molar-refractivity contribution in [1.82, 2.24) is 8.61 Å². The fourth-order valence-corrected chi connectivity index (χ4v) is 6.91. The van der Waals surface area contributed by atoms with Gasteiger partial charge in [0.15, 0.2) is 0 Å². The third kappa shape index (κ3) is 4.76. The van der Waals surface area contributed by atoms with Gasteiger partial charge in [-0.05, 0) is 42.8 Å². The first-order chi connectivity index (χ1) is 16.2. The summed E-state index contributed by atoms with van der Waals surface area (Å²) in [6.45, 7) is 1.29. The Hall–Kier alpha value is -3.05. The smallest absolute Gasteiger partial charge is 0.244 e. The molecule has 1 amide bonds. The predicted octanol–water partition coefficient (Wildman–Crippen LogP) is 2.70. The Morgan fingerprint density at radius 3 is 1.88 bits per heavy atom. The zero-order valence-corrected chi connectivity index (χ0v) is 20.2. The highest BCUT2D eigenvalue weighted by atomic mass is 32.2. The number of nitrogens with one attached hydrogen (secondary N) is 1. The Kier molecular flexibility index (Phi) is 6.85. The number of para-hydroxylation sites is 1. The van der Waals surface area contributed by atoms with Crippen LogP contribution < -0.4 is 5.32 Å². The van der Waals surface area contributed by atoms with Gasteiger partial charge in [-0.1, -0.05) is 54.6 Å². The number of aryl methyl sites for hydroxylation is 1. The van der Waals surface area contributed by atoms with Crippen LogP contribution >= 0.6 is 0 Å². The Morgan fingerprint density at radius 1 is 0.765 bits per heavy atom. The highest BCUT2D eigenvalue weighted by Gasteiger charge is 2.43. The van der Waals surface area contributed by atoms with Gasteiger partial charge in [-0.25, -0.2) is 16.8 Å². The Morgan fingerprint density at radius 2 is 1.29 bits per heavy atom. The molecule has 0 bridgehead atoms. The molecule has 0 aromatic heterocycles. The van der Waals surface area contributed by atoms with E-state index in [1.165, 1.54) is 28.6 Å². The molecule has 10 heteroatoms. The number of hydrogen-bond acceptors (Lipinski definition) is 5. The molecule has 0 unspecified atom stereocenters. The molecule has 0 radical (unpaired) electrons. The highest BCUT2D eigenvalue weighted by molar-refractivity contribution is 7.89. The number of amides is 1. The van der Waals surface area contributed by atoms with E-state index in [0.717, 1.165) is 9.87 Å². The molecule has 1 aliphatic rings. The Bertz CT molecular complexity index is 1380. The second-order valence-electron chi connectivity index (χ2n) is 7.92. The number of carbonyl (C=O) groups excluding carboxylic acids is 1. The number of hydrogen-bond donors (Lipinski definition) is 1. The third-order valence-corrected chi connectivity index (χ3v) is 9.53. The topological polar surface area (TPSA) is 104 Å². The molecule has 1 heterocycles. The van der Waals surface area contributed by atoms with Gasteiger partial charge in [-0.2, -0.15) is 8.61 Å². The summed E-state index contributed by atoms with van der Waals surface area (Å²) >= 11 is 0. The monoisotopic (exact) mass is 499 g/mol. The maximum atomic E-state index is 13.4. The van der Waals surface area contributed by atoms with Crippen LogP contribution in [0.3, 0.4) is 0 Å². The van der Waals surface area contributed by atoms with Gasteiger partial charge in [-0.3, -0.25) is 4.79 Å². The van der Waals surface area contributed by atoms with Crippen molar-refractivity contribution in [2.45, 2.75) is 22.8 Å². The van der Waals surface area contributed by atoms with E-state index in [1.807, 2.05) is 19.1 Å². The molecule has 8 nitrogen and oxygen atoms in total. The summed E-state index contributed by atoms with van der Waals surface area (Å²) in [4.78, 5) is 13.5. The van der Waals surface area contributed by atoms with E-state index in [9.17, 15) is 21.6 Å². The second kappa shape index (κ2) is 9.67. The van der Waals surface area contributed by atoms with Crippen molar-refractivity contribution in [3.05, 3.63) is 90.5 Å². The molecule has 0 spiro atoms. The summed E-state index contributed by atoms with van der Waals surface area (Å²) < 4.78 is 55.6. The van der Waals surface area contributed by atoms with Gasteiger partial charge in [-0.15, -0.1) is 0 Å². The largest absolute Gasteiger partial charge is 0.324 e. The number of rotatable bonds is 6. The van der Waals surface area contributed by atoms with E-state index in [-0.39, 0.29) is 29.4 Å². The van der Waals surface area contributed by atoms with Crippen molar-refractivity contribution in [3.63, 3.8) is 0 Å². The van der Waals surface area contributed by atoms with Crippen LogP contribution in [0, 0.1) is 6.92 Å². The maximum Gasteiger partial charge on any atom is 0.244 e. The summed E-state index contributed by atoms with van der Waals surface area (Å²) in [6, 6.07) is 21.6. The average molecular weight is 500 g/mol. The van der Waals surface area contributed by atoms with Crippen molar-refractivity contribution in [2.75, 3.05) is 25.0 Å². The van der Waals surface area contributed by atoms with Crippen LogP contribution in [0.15, 0.2) is 94.7 Å². The van der Waals surface area contributed by atoms with E-state index in [4.69, 9.17) is 0 Å². The zero-order chi connectivity index (χ0) is 24.3. The third-order valence-electron chi connectivity index (χ3n) is 5.73. The first-order valence-corrected chi connectivity index (χ1v) is 13.6. The standard InChI is InChI=1S/C24H25N3O5S2/c1-19-10-8-9-15-22(19)25-24(28)23-18-26(33(29,30)20-11-4-2-5-12-20)16-17-27(23)34(31,32)21-13-6-3-7-14-21/h2-15,23H,16-18H2,1H3,(H,25,28)/t23-/m0/s1. The van der Waals surface area contributed by atoms with Gasteiger partial charge in [0.05, 0.1) is 9.79 Å². The van der Waals surface area contributed by atoms with Crippen molar-refractivity contribution >= 4 is 31.6 Å². The molecule has 0 saturated carbocycles. The molecule has 34 heavy (non-hydrogen) atoms. The normalized spacial score (nSPS) is 17.9. The Labute approximate surface area is 199 Å². The lowest BCUT2D eigenvalue weighted by Crippen LogP contribution is -2.60. The van der Waals surface area contributed by atoms with Crippen LogP contribution in [-0.4, -0.2) is 57.0 Å². The van der Waals surface area contributed by atoms with Crippen molar-refractivity contribution in [2.24, 2.45) is 0 Å². The van der Waals surface area contributed by atoms with Crippen molar-refractivity contribution in [1.29, 1.82) is 0 Å². The van der Waals surface area contributed by atoms with E-state index in [1.54, 1.807) is 48.5 Å². The maximum absolute atomic E-state index is 13.4. The minimum atomic E-state index is -4.04. The fourth-order valence-electron chi connectivity index (χ4n) is 3.86. The number of piperazine rings is 1. The molecule has 1 aliphatic heterocycles. The summed E-state index contributed by atoms with van der Waals surface area (Å²) in [5, 5.41) is 2.78. The SMILES string of the molecule is Cc1ccccc1NC(=O)[C@@H]1CN(S(=O)(=O)c2ccccc2)CCN1S(=O)(=O)c1ccccc1. The van der Waals surface area contributed by atoms with Crippen LogP contribution in [-0.2, 0) is 24.8 Å². The summed E-state index contributed by atoms with van der Waals surface area (Å²) in [5.74, 6) is -0.596. The van der Waals surface area contributed by atoms with E-state index < -0.39 is 32.0 Å². The minimum Gasteiger partial charge on any atom is -0.324 e. The summed E-state index contributed by atoms with van der Waals surface area (Å²) in [6.07, 6.45) is 0. The molecule has 1 saturated heterocycles. The predicted molar refractivity (Wildman–Crippen MR) is 129 cm³/mol. The molecule has 178 valence electrons. The summed E-state index contributed by atoms with van der Waals surface area (Å²) in [5.41, 5.74) is 1.34. The molecule has 3 aromatic carbocycles. The number of nitrogens with zero attached hydrogens (tertiary/aromatic N) is 2. The number of carbonyl (C=O) groups is 1. The van der Waals surface area contributed by atoms with Crippen LogP contribution in [0.5, 0.6) is 0 Å². The van der Waals surface area contributed by atoms with Gasteiger partial charge in [0, 0.05) is 25.3 Å². The molecule has 4 rings (SSSR count). The number of anilines is 1. The zero-order valence-electron chi connectivity index (χ0n) is 18.5. The molecule has 1 N–H and O–H groups in total. The van der Waals surface area contributed by atoms with Crippen molar-refractivity contribution in [3.8, 4) is 0 Å². The second-order valence-corrected chi connectivity index (χ2v) is 11.8. The lowest BCUT2D eigenvalue weighted by molar-refractivity contribution is -0.120. The van der Waals surface area contributed by atoms with Gasteiger partial charge in [0.1, 0.15) is 6.04 Å². The number of benzene rings is 3. The van der Waals surface area contributed by atoms with Gasteiger partial charge in [0.25, 0.3) is 0 Å². The average Bonchev–Trinajstić information content (AvgIpc) is 2.86. The fraction of sp³-hybridized carbons (Fsp3) is 0.208. The molecule has 1 fully saturated rings. The van der Waals surface area contributed by atoms with Gasteiger partial charge in [0.2, 0.25) is 26.0 Å². The molecular weight excluding hydrogens is 474 g/mol. The van der Waals surface area contributed by atoms with Crippen molar-refractivity contribution < 1.29 is 21.6 Å². The minimum absolute atomic E-state index is 0.0445. The van der Waals surface area contributed by atoms with Crippen LogP contribution in [0.25, 0.3) is 0 Å². The number of sulfonamides is 2. The van der Waals surface area contributed by atoms with Gasteiger partial charge < -0.3 is 5.32 Å². The van der Waals surface area contributed by atoms with Crippen LogP contribution in [0.1, 0.15) is 5.56 Å². The first-order valence-electron chi connectivity index (χ1n) is 10.7. The molecular formula is C24H25N3O5S2. The molecule has 3 aromatic rings. The lowest BCUT2D eigenvalue weighted by Gasteiger charge is -2.39. The first kappa shape index (κ1) is 24.1. The van der Waals surface area contributed by atoms with Crippen LogP contribution in [0.4, 0.5) is 5.69 Å². The lowest BCUT2D eigenvalue weighted by atomic mass is 10.1. The van der Waals surface area contributed by atoms with E-state index in [2.05, 4.69) is 5.32 Å². The van der Waals surface area contributed by atoms with E-state index >= 15 is 0 Å². The molecule has 0 aliphatic carbocycles. The molecule has 1 atom stereocenters. The summed E-state index contributed by atoms with van der Waals surface area (Å²) in [7, 11) is -7.95. The quantitative estimate of drug-likeness (QED) is 0.562.